The van der Waals surface area contributed by atoms with Gasteiger partial charge in [0.1, 0.15) is 5.82 Å². The van der Waals surface area contributed by atoms with E-state index in [1.54, 1.807) is 18.3 Å². The van der Waals surface area contributed by atoms with Crippen LogP contribution >= 0.6 is 11.3 Å². The molecular weight excluding hydrogens is 324 g/mol. The predicted molar refractivity (Wildman–Crippen MR) is 94.7 cm³/mol. The summed E-state index contributed by atoms with van der Waals surface area (Å²) < 4.78 is 0. The van der Waals surface area contributed by atoms with Crippen LogP contribution < -0.4 is 10.2 Å². The summed E-state index contributed by atoms with van der Waals surface area (Å²) in [6.07, 6.45) is 1.70. The summed E-state index contributed by atoms with van der Waals surface area (Å²) in [4.78, 5) is 33.7. The van der Waals surface area contributed by atoms with Gasteiger partial charge in [-0.2, -0.15) is 0 Å². The molecule has 0 bridgehead atoms. The quantitative estimate of drug-likeness (QED) is 0.919. The number of nitrogens with one attached hydrogen (secondary N) is 1. The lowest BCUT2D eigenvalue weighted by atomic mass is 10.2. The maximum atomic E-state index is 12.4. The van der Waals surface area contributed by atoms with Gasteiger partial charge in [-0.3, -0.25) is 9.59 Å². The SMILES string of the molecule is CCNC(=O)c1cccnc1N1CCN(C(=O)c2cccs2)CC1. The second-order valence-electron chi connectivity index (χ2n) is 5.49. The molecule has 1 N–H and O–H groups in total. The highest BCUT2D eigenvalue weighted by Gasteiger charge is 2.25. The van der Waals surface area contributed by atoms with Crippen LogP contribution in [0, 0.1) is 0 Å². The number of piperazine rings is 1. The van der Waals surface area contributed by atoms with Gasteiger partial charge in [0.05, 0.1) is 10.4 Å². The van der Waals surface area contributed by atoms with Gasteiger partial charge in [0.15, 0.2) is 0 Å². The Balaban J connectivity index is 1.69. The molecule has 0 spiro atoms. The van der Waals surface area contributed by atoms with Crippen molar-refractivity contribution in [3.8, 4) is 0 Å². The zero-order valence-electron chi connectivity index (χ0n) is 13.6. The average Bonchev–Trinajstić information content (AvgIpc) is 3.16. The van der Waals surface area contributed by atoms with Gasteiger partial charge in [-0.05, 0) is 30.5 Å². The van der Waals surface area contributed by atoms with Crippen LogP contribution in [0.5, 0.6) is 0 Å². The first-order valence-electron chi connectivity index (χ1n) is 8.01. The second-order valence-corrected chi connectivity index (χ2v) is 6.44. The molecule has 1 fully saturated rings. The molecule has 2 aromatic heterocycles. The van der Waals surface area contributed by atoms with Crippen LogP contribution in [0.4, 0.5) is 5.82 Å². The van der Waals surface area contributed by atoms with E-state index in [4.69, 9.17) is 0 Å². The molecule has 3 heterocycles. The molecule has 7 heteroatoms. The molecule has 0 radical (unpaired) electrons. The Morgan fingerprint density at radius 1 is 1.21 bits per heavy atom. The molecule has 0 atom stereocenters. The second kappa shape index (κ2) is 7.44. The van der Waals surface area contributed by atoms with Crippen LogP contribution in [-0.2, 0) is 0 Å². The van der Waals surface area contributed by atoms with Crippen molar-refractivity contribution in [2.24, 2.45) is 0 Å². The van der Waals surface area contributed by atoms with Crippen LogP contribution in [0.25, 0.3) is 0 Å². The van der Waals surface area contributed by atoms with E-state index < -0.39 is 0 Å². The molecule has 0 saturated carbocycles. The first-order chi connectivity index (χ1) is 11.7. The zero-order chi connectivity index (χ0) is 16.9. The minimum absolute atomic E-state index is 0.0784. The molecule has 2 amide bonds. The van der Waals surface area contributed by atoms with Crippen molar-refractivity contribution in [3.05, 3.63) is 46.3 Å². The lowest BCUT2D eigenvalue weighted by Gasteiger charge is -2.35. The largest absolute Gasteiger partial charge is 0.352 e. The number of carbonyl (C=O) groups excluding carboxylic acids is 2. The van der Waals surface area contributed by atoms with Gasteiger partial charge in [0, 0.05) is 38.9 Å². The average molecular weight is 344 g/mol. The highest BCUT2D eigenvalue weighted by molar-refractivity contribution is 7.12. The Labute approximate surface area is 145 Å². The topological polar surface area (TPSA) is 65.5 Å². The van der Waals surface area contributed by atoms with Crippen molar-refractivity contribution in [1.29, 1.82) is 0 Å². The van der Waals surface area contributed by atoms with E-state index in [2.05, 4.69) is 15.2 Å². The number of nitrogens with zero attached hydrogens (tertiary/aromatic N) is 3. The number of hydrogen-bond donors (Lipinski definition) is 1. The number of pyridine rings is 1. The Hall–Kier alpha value is -2.41. The van der Waals surface area contributed by atoms with E-state index in [-0.39, 0.29) is 11.8 Å². The third-order valence-corrected chi connectivity index (χ3v) is 4.82. The smallest absolute Gasteiger partial charge is 0.264 e. The minimum Gasteiger partial charge on any atom is -0.352 e. The Morgan fingerprint density at radius 3 is 2.67 bits per heavy atom. The summed E-state index contributed by atoms with van der Waals surface area (Å²) in [7, 11) is 0. The zero-order valence-corrected chi connectivity index (χ0v) is 14.4. The third kappa shape index (κ3) is 3.41. The first-order valence-corrected chi connectivity index (χ1v) is 8.89. The van der Waals surface area contributed by atoms with Gasteiger partial charge in [-0.25, -0.2) is 4.98 Å². The molecular formula is C17H20N4O2S. The predicted octanol–water partition coefficient (Wildman–Crippen LogP) is 1.86. The van der Waals surface area contributed by atoms with E-state index in [0.717, 1.165) is 4.88 Å². The van der Waals surface area contributed by atoms with E-state index in [1.807, 2.05) is 29.3 Å². The van der Waals surface area contributed by atoms with Gasteiger partial charge < -0.3 is 15.1 Å². The van der Waals surface area contributed by atoms with Gasteiger partial charge >= 0.3 is 0 Å². The van der Waals surface area contributed by atoms with Crippen LogP contribution in [0.1, 0.15) is 27.0 Å². The first kappa shape index (κ1) is 16.4. The lowest BCUT2D eigenvalue weighted by molar-refractivity contribution is 0.0750. The number of carbonyl (C=O) groups is 2. The number of rotatable bonds is 4. The van der Waals surface area contributed by atoms with Crippen molar-refractivity contribution in [2.45, 2.75) is 6.92 Å². The summed E-state index contributed by atoms with van der Waals surface area (Å²) in [5, 5.41) is 4.73. The molecule has 0 aromatic carbocycles. The van der Waals surface area contributed by atoms with Crippen LogP contribution in [0.2, 0.25) is 0 Å². The molecule has 2 aromatic rings. The molecule has 6 nitrogen and oxygen atoms in total. The Kier molecular flexibility index (Phi) is 5.10. The molecule has 3 rings (SSSR count). The van der Waals surface area contributed by atoms with Gasteiger partial charge in [0.25, 0.3) is 11.8 Å². The number of thiophene rings is 1. The third-order valence-electron chi connectivity index (χ3n) is 3.97. The van der Waals surface area contributed by atoms with Crippen LogP contribution in [0.15, 0.2) is 35.8 Å². The van der Waals surface area contributed by atoms with Gasteiger partial charge in [-0.1, -0.05) is 6.07 Å². The fourth-order valence-electron chi connectivity index (χ4n) is 2.76. The standard InChI is InChI=1S/C17H20N4O2S/c1-2-18-16(22)13-5-3-7-19-15(13)20-8-10-21(11-9-20)17(23)14-6-4-12-24-14/h3-7,12H,2,8-11H2,1H3,(H,18,22). The van der Waals surface area contributed by atoms with Crippen molar-refractivity contribution >= 4 is 29.0 Å². The van der Waals surface area contributed by atoms with Crippen molar-refractivity contribution in [3.63, 3.8) is 0 Å². The van der Waals surface area contributed by atoms with E-state index in [1.165, 1.54) is 11.3 Å². The Morgan fingerprint density at radius 2 is 2.00 bits per heavy atom. The van der Waals surface area contributed by atoms with E-state index >= 15 is 0 Å². The summed E-state index contributed by atoms with van der Waals surface area (Å²) in [6.45, 7) is 5.06. The van der Waals surface area contributed by atoms with Crippen molar-refractivity contribution in [2.75, 3.05) is 37.6 Å². The highest BCUT2D eigenvalue weighted by atomic mass is 32.1. The number of aromatic nitrogens is 1. The molecule has 0 aliphatic carbocycles. The Bertz CT molecular complexity index is 709. The summed E-state index contributed by atoms with van der Waals surface area (Å²) >= 11 is 1.46. The molecule has 1 saturated heterocycles. The minimum atomic E-state index is -0.113. The highest BCUT2D eigenvalue weighted by Crippen LogP contribution is 2.20. The molecule has 1 aliphatic rings. The van der Waals surface area contributed by atoms with Crippen LogP contribution in [0.3, 0.4) is 0 Å². The molecule has 1 aliphatic heterocycles. The maximum absolute atomic E-state index is 12.4. The number of anilines is 1. The summed E-state index contributed by atoms with van der Waals surface area (Å²) in [6, 6.07) is 7.30. The fraction of sp³-hybridized carbons (Fsp3) is 0.353. The molecule has 126 valence electrons. The summed E-state index contributed by atoms with van der Waals surface area (Å²) in [5.74, 6) is 0.652. The molecule has 24 heavy (non-hydrogen) atoms. The summed E-state index contributed by atoms with van der Waals surface area (Å²) in [5.41, 5.74) is 0.581. The van der Waals surface area contributed by atoms with Crippen LogP contribution in [-0.4, -0.2) is 54.4 Å². The molecule has 0 unspecified atom stereocenters. The van der Waals surface area contributed by atoms with E-state index in [9.17, 15) is 9.59 Å². The van der Waals surface area contributed by atoms with Crippen molar-refractivity contribution < 1.29 is 9.59 Å². The van der Waals surface area contributed by atoms with Gasteiger partial charge in [-0.15, -0.1) is 11.3 Å². The van der Waals surface area contributed by atoms with Gasteiger partial charge in [0.2, 0.25) is 0 Å². The maximum Gasteiger partial charge on any atom is 0.264 e. The monoisotopic (exact) mass is 344 g/mol. The lowest BCUT2D eigenvalue weighted by Crippen LogP contribution is -2.49. The number of amides is 2. The fourth-order valence-corrected chi connectivity index (χ4v) is 3.45. The van der Waals surface area contributed by atoms with E-state index in [0.29, 0.717) is 44.1 Å². The normalized spacial score (nSPS) is 14.5. The van der Waals surface area contributed by atoms with Crippen molar-refractivity contribution in [1.82, 2.24) is 15.2 Å². The number of hydrogen-bond acceptors (Lipinski definition) is 5.